The number of benzene rings is 4. The fourth-order valence-corrected chi connectivity index (χ4v) is 13.6. The van der Waals surface area contributed by atoms with Gasteiger partial charge in [0.05, 0.1) is 59.1 Å². The number of rotatable bonds is 9. The predicted molar refractivity (Wildman–Crippen MR) is 209 cm³/mol. The second kappa shape index (κ2) is 14.0. The molecule has 0 unspecified atom stereocenters. The molecule has 280 valence electrons. The van der Waals surface area contributed by atoms with E-state index in [2.05, 4.69) is 38.2 Å². The predicted octanol–water partition coefficient (Wildman–Crippen LogP) is 5.75. The monoisotopic (exact) mass is 745 g/mol. The molecule has 4 aromatic carbocycles. The van der Waals surface area contributed by atoms with Crippen molar-refractivity contribution in [1.29, 1.82) is 0 Å². The number of fused-ring (bicyclic) bond motifs is 3. The number of hydrogen-bond acceptors (Lipinski definition) is 7. The Balaban J connectivity index is 1.15. The maximum atomic E-state index is 15.2. The first-order valence-corrected chi connectivity index (χ1v) is 21.9. The molecule has 0 aromatic heterocycles. The van der Waals surface area contributed by atoms with Gasteiger partial charge in [0.25, 0.3) is 5.91 Å². The molecule has 3 amide bonds. The molecule has 1 spiro atoms. The Bertz CT molecular complexity index is 2070. The molecular weight excluding hydrogens is 699 g/mol. The number of cyclic esters (lactones) is 1. The molecule has 0 bridgehead atoms. The number of carbonyl (C=O) groups is 3. The van der Waals surface area contributed by atoms with Gasteiger partial charge in [0.1, 0.15) is 12.4 Å². The number of hydrogen-bond donors (Lipinski definition) is 1. The average molecular weight is 746 g/mol. The number of aliphatic hydroxyl groups excluding tert-OH is 1. The Morgan fingerprint density at radius 2 is 1.65 bits per heavy atom. The molecule has 4 aliphatic heterocycles. The summed E-state index contributed by atoms with van der Waals surface area (Å²) >= 11 is 0. The van der Waals surface area contributed by atoms with E-state index in [1.54, 1.807) is 12.0 Å². The lowest BCUT2D eigenvalue weighted by Crippen LogP contribution is -2.52. The van der Waals surface area contributed by atoms with Crippen LogP contribution >= 0.6 is 0 Å². The number of amides is 3. The molecule has 2 fully saturated rings. The first kappa shape index (κ1) is 36.0. The number of nitrogens with zero attached hydrogens (tertiary/aromatic N) is 3. The lowest BCUT2D eigenvalue weighted by Gasteiger charge is -2.39. The third kappa shape index (κ3) is 5.89. The summed E-state index contributed by atoms with van der Waals surface area (Å²) in [4.78, 5) is 47.1. The van der Waals surface area contributed by atoms with Crippen LogP contribution in [0.5, 0.6) is 5.75 Å². The SMILES string of the molecule is COc1ccc([Si](C)(C)[C@@H]2[C@@H](CC(=O)N3Cc4ccccc4C[C@H]3CO)O[C@]3(C(=O)N(Cc4ccc(N5CCOC5=O)cc4)c4ccccc43)[C@H]2C)cc1. The molecule has 0 radical (unpaired) electrons. The molecule has 10 nitrogen and oxygen atoms in total. The van der Waals surface area contributed by atoms with Crippen LogP contribution < -0.4 is 19.7 Å². The highest BCUT2D eigenvalue weighted by atomic mass is 28.3. The highest BCUT2D eigenvalue weighted by Gasteiger charge is 2.66. The van der Waals surface area contributed by atoms with Crippen LogP contribution in [0.15, 0.2) is 97.1 Å². The van der Waals surface area contributed by atoms with E-state index in [-0.39, 0.29) is 48.4 Å². The summed E-state index contributed by atoms with van der Waals surface area (Å²) < 4.78 is 17.9. The standard InChI is InChI=1S/C43H47N3O7Si/c1-28-40(54(3,4)35-19-17-34(51-2)18-20-35)38(24-39(48)45-26-31-10-6-5-9-30(31)23-33(45)27-47)53-43(28)36-11-7-8-12-37(36)46(41(43)49)25-29-13-15-32(16-14-29)44-21-22-52-42(44)50/h5-20,28,33,38,40,47H,21-27H2,1-4H3/t28-,33-,38+,40-,43+/m0/s1. The summed E-state index contributed by atoms with van der Waals surface area (Å²) in [6, 6.07) is 31.5. The molecular formula is C43H47N3O7Si. The number of methoxy groups -OCH3 is 1. The van der Waals surface area contributed by atoms with Crippen LogP contribution in [0.2, 0.25) is 18.6 Å². The molecule has 4 aromatic rings. The molecule has 54 heavy (non-hydrogen) atoms. The van der Waals surface area contributed by atoms with Gasteiger partial charge < -0.3 is 29.1 Å². The normalized spacial score (nSPS) is 24.9. The molecule has 11 heteroatoms. The Hall–Kier alpha value is -4.97. The van der Waals surface area contributed by atoms with Gasteiger partial charge in [-0.3, -0.25) is 14.5 Å². The maximum Gasteiger partial charge on any atom is 0.414 e. The van der Waals surface area contributed by atoms with Crippen LogP contribution in [0.25, 0.3) is 0 Å². The van der Waals surface area contributed by atoms with E-state index in [9.17, 15) is 14.7 Å². The van der Waals surface area contributed by atoms with Crippen molar-refractivity contribution < 1.29 is 33.7 Å². The van der Waals surface area contributed by atoms with Gasteiger partial charge in [0.15, 0.2) is 5.60 Å². The molecule has 8 rings (SSSR count). The summed E-state index contributed by atoms with van der Waals surface area (Å²) in [7, 11) is -0.833. The zero-order valence-corrected chi connectivity index (χ0v) is 32.2. The lowest BCUT2D eigenvalue weighted by molar-refractivity contribution is -0.151. The van der Waals surface area contributed by atoms with Gasteiger partial charge in [-0.2, -0.15) is 0 Å². The molecule has 0 saturated carbocycles. The van der Waals surface area contributed by atoms with E-state index in [1.165, 1.54) is 5.19 Å². The van der Waals surface area contributed by atoms with Crippen LogP contribution in [0.1, 0.15) is 35.6 Å². The molecule has 4 heterocycles. The van der Waals surface area contributed by atoms with E-state index in [4.69, 9.17) is 14.2 Å². The van der Waals surface area contributed by atoms with Crippen LogP contribution in [-0.4, -0.2) is 75.0 Å². The smallest absolute Gasteiger partial charge is 0.414 e. The second-order valence-corrected chi connectivity index (χ2v) is 20.2. The average Bonchev–Trinajstić information content (AvgIpc) is 3.83. The highest BCUT2D eigenvalue weighted by Crippen LogP contribution is 2.60. The van der Waals surface area contributed by atoms with Gasteiger partial charge >= 0.3 is 6.09 Å². The van der Waals surface area contributed by atoms with Crippen molar-refractivity contribution in [2.24, 2.45) is 5.92 Å². The largest absolute Gasteiger partial charge is 0.497 e. The first-order chi connectivity index (χ1) is 26.1. The second-order valence-electron chi connectivity index (χ2n) is 15.5. The number of ether oxygens (including phenoxy) is 3. The summed E-state index contributed by atoms with van der Waals surface area (Å²) in [6.45, 7) is 8.21. The number of carbonyl (C=O) groups excluding carboxylic acids is 3. The third-order valence-electron chi connectivity index (χ3n) is 12.4. The van der Waals surface area contributed by atoms with Gasteiger partial charge in [-0.1, -0.05) is 91.9 Å². The van der Waals surface area contributed by atoms with Gasteiger partial charge in [0, 0.05) is 23.7 Å². The van der Waals surface area contributed by atoms with Crippen LogP contribution in [0.4, 0.5) is 16.2 Å². The summed E-state index contributed by atoms with van der Waals surface area (Å²) in [5.74, 6) is 0.284. The topological polar surface area (TPSA) is 109 Å². The molecule has 1 N–H and O–H groups in total. The molecule has 0 aliphatic carbocycles. The van der Waals surface area contributed by atoms with Crippen molar-refractivity contribution >= 4 is 42.5 Å². The van der Waals surface area contributed by atoms with Crippen molar-refractivity contribution in [3.8, 4) is 5.75 Å². The van der Waals surface area contributed by atoms with Crippen LogP contribution in [0.3, 0.4) is 0 Å². The zero-order valence-electron chi connectivity index (χ0n) is 31.2. The van der Waals surface area contributed by atoms with Crippen molar-refractivity contribution in [3.05, 3.63) is 119 Å². The van der Waals surface area contributed by atoms with E-state index in [0.29, 0.717) is 32.7 Å². The summed E-state index contributed by atoms with van der Waals surface area (Å²) in [6.07, 6.45) is -0.229. The summed E-state index contributed by atoms with van der Waals surface area (Å²) in [5, 5.41) is 11.6. The van der Waals surface area contributed by atoms with Gasteiger partial charge in [-0.25, -0.2) is 4.79 Å². The van der Waals surface area contributed by atoms with Crippen molar-refractivity contribution in [3.63, 3.8) is 0 Å². The van der Waals surface area contributed by atoms with Crippen LogP contribution in [-0.2, 0) is 44.2 Å². The molecule has 4 aliphatic rings. The Kier molecular flexibility index (Phi) is 9.36. The maximum absolute atomic E-state index is 15.2. The van der Waals surface area contributed by atoms with Crippen molar-refractivity contribution in [2.45, 2.75) is 69.2 Å². The van der Waals surface area contributed by atoms with E-state index < -0.39 is 19.8 Å². The fourth-order valence-electron chi connectivity index (χ4n) is 9.55. The Morgan fingerprint density at radius 3 is 2.33 bits per heavy atom. The van der Waals surface area contributed by atoms with Gasteiger partial charge in [-0.05, 0) is 59.0 Å². The Morgan fingerprint density at radius 1 is 0.944 bits per heavy atom. The number of anilines is 2. The van der Waals surface area contributed by atoms with Gasteiger partial charge in [-0.15, -0.1) is 0 Å². The number of para-hydroxylation sites is 1. The first-order valence-electron chi connectivity index (χ1n) is 18.8. The molecule has 2 saturated heterocycles. The van der Waals surface area contributed by atoms with Crippen LogP contribution in [0, 0.1) is 5.92 Å². The fraction of sp³-hybridized carbons (Fsp3) is 0.372. The van der Waals surface area contributed by atoms with Crippen molar-refractivity contribution in [2.75, 3.05) is 36.7 Å². The van der Waals surface area contributed by atoms with Gasteiger partial charge in [0.2, 0.25) is 5.91 Å². The lowest BCUT2D eigenvalue weighted by atomic mass is 9.82. The minimum absolute atomic E-state index is 0.0834. The Labute approximate surface area is 317 Å². The molecule has 5 atom stereocenters. The minimum atomic E-state index is -2.49. The number of aliphatic hydroxyl groups is 1. The van der Waals surface area contributed by atoms with E-state index in [1.807, 2.05) is 88.7 Å². The third-order valence-corrected chi connectivity index (χ3v) is 16.7. The van der Waals surface area contributed by atoms with Crippen molar-refractivity contribution in [1.82, 2.24) is 4.90 Å². The summed E-state index contributed by atoms with van der Waals surface area (Å²) in [5.41, 5.74) is 4.10. The highest BCUT2D eigenvalue weighted by molar-refractivity contribution is 6.91. The zero-order chi connectivity index (χ0) is 37.8. The van der Waals surface area contributed by atoms with E-state index in [0.717, 1.165) is 39.4 Å². The van der Waals surface area contributed by atoms with E-state index >= 15 is 4.79 Å². The minimum Gasteiger partial charge on any atom is -0.497 e. The quantitative estimate of drug-likeness (QED) is 0.218.